The van der Waals surface area contributed by atoms with Crippen LogP contribution in [-0.4, -0.2) is 28.7 Å². The van der Waals surface area contributed by atoms with Gasteiger partial charge in [-0.2, -0.15) is 10.1 Å². The predicted octanol–water partition coefficient (Wildman–Crippen LogP) is 3.42. The van der Waals surface area contributed by atoms with Gasteiger partial charge in [0.15, 0.2) is 0 Å². The summed E-state index contributed by atoms with van der Waals surface area (Å²) in [4.78, 5) is 8.48. The molecule has 162 valence electrons. The molecule has 1 fully saturated rings. The van der Waals surface area contributed by atoms with Gasteiger partial charge in [-0.05, 0) is 44.0 Å². The summed E-state index contributed by atoms with van der Waals surface area (Å²) < 4.78 is 39.3. The molecule has 4 N–H and O–H groups in total. The molecule has 31 heavy (non-hydrogen) atoms. The molecule has 0 saturated heterocycles. The number of aromatic nitrogens is 3. The van der Waals surface area contributed by atoms with E-state index >= 15 is 0 Å². The predicted molar refractivity (Wildman–Crippen MR) is 116 cm³/mol. The number of sulfonamides is 1. The van der Waals surface area contributed by atoms with Crippen LogP contribution in [0.3, 0.4) is 0 Å². The van der Waals surface area contributed by atoms with E-state index < -0.39 is 20.7 Å². The lowest BCUT2D eigenvalue weighted by atomic mass is 9.78. The molecule has 1 aromatic carbocycles. The van der Waals surface area contributed by atoms with Crippen molar-refractivity contribution in [2.75, 3.05) is 10.7 Å². The zero-order valence-electron chi connectivity index (χ0n) is 16.9. The molecule has 0 amide bonds. The van der Waals surface area contributed by atoms with Gasteiger partial charge in [0.1, 0.15) is 22.2 Å². The third-order valence-electron chi connectivity index (χ3n) is 6.16. The van der Waals surface area contributed by atoms with Gasteiger partial charge in [-0.3, -0.25) is 9.99 Å². The Hall–Kier alpha value is -3.05. The quantitative estimate of drug-likeness (QED) is 0.569. The lowest BCUT2D eigenvalue weighted by Crippen LogP contribution is -2.45. The first-order chi connectivity index (χ1) is 14.8. The van der Waals surface area contributed by atoms with Crippen molar-refractivity contribution in [3.05, 3.63) is 36.3 Å². The summed E-state index contributed by atoms with van der Waals surface area (Å²) in [5.74, 6) is 0.214. The summed E-state index contributed by atoms with van der Waals surface area (Å²) in [5.41, 5.74) is 5.01. The molecule has 1 aliphatic carbocycles. The molecule has 3 heterocycles. The highest BCUT2D eigenvalue weighted by atomic mass is 32.2. The first-order valence-corrected chi connectivity index (χ1v) is 11.6. The van der Waals surface area contributed by atoms with Crippen molar-refractivity contribution < 1.29 is 12.8 Å². The van der Waals surface area contributed by atoms with Gasteiger partial charge < -0.3 is 5.32 Å². The van der Waals surface area contributed by atoms with Crippen molar-refractivity contribution in [3.63, 3.8) is 0 Å². The third kappa shape index (κ3) is 3.24. The number of hydrogen-bond acceptors (Lipinski definition) is 7. The number of nitrogens with zero attached hydrogens (tertiary/aromatic N) is 4. The Bertz CT molecular complexity index is 1330. The summed E-state index contributed by atoms with van der Waals surface area (Å²) >= 11 is 0. The van der Waals surface area contributed by atoms with E-state index in [1.807, 2.05) is 13.0 Å². The highest BCUT2D eigenvalue weighted by Crippen LogP contribution is 2.43. The van der Waals surface area contributed by atoms with Crippen LogP contribution in [0.2, 0.25) is 0 Å². The van der Waals surface area contributed by atoms with Crippen LogP contribution in [0.1, 0.15) is 39.0 Å². The molecule has 9 nitrogen and oxygen atoms in total. The van der Waals surface area contributed by atoms with Gasteiger partial charge in [-0.25, -0.2) is 22.9 Å². The molecule has 1 aliphatic heterocycles. The zero-order chi connectivity index (χ0) is 21.8. The summed E-state index contributed by atoms with van der Waals surface area (Å²) in [6, 6.07) is 5.57. The minimum absolute atomic E-state index is 0.213. The van der Waals surface area contributed by atoms with Gasteiger partial charge in [0.2, 0.25) is 16.0 Å². The Kier molecular flexibility index (Phi) is 4.48. The number of benzene rings is 1. The standard InChI is InChI=1S/C20H22FN7O2S/c1-12-20(7-3-2-4-8-20)28-17(27-26-12)9-13-11-23-19(25-18(13)28)24-14-5-6-16(15(21)10-14)31(22,29)30/h5-6,9-11,27H,2-4,7-8H2,1H3,(H2,22,29,30)(H,23,24,25). The number of halogens is 1. The van der Waals surface area contributed by atoms with Gasteiger partial charge in [-0.1, -0.05) is 19.3 Å². The van der Waals surface area contributed by atoms with Crippen molar-refractivity contribution in [3.8, 4) is 0 Å². The second-order valence-corrected chi connectivity index (χ2v) is 9.58. The van der Waals surface area contributed by atoms with Crippen LogP contribution in [0, 0.1) is 5.82 Å². The summed E-state index contributed by atoms with van der Waals surface area (Å²) in [5, 5.41) is 13.4. The molecule has 5 rings (SSSR count). The second kappa shape index (κ2) is 6.99. The van der Waals surface area contributed by atoms with Crippen LogP contribution in [0.25, 0.3) is 11.0 Å². The highest BCUT2D eigenvalue weighted by molar-refractivity contribution is 7.89. The van der Waals surface area contributed by atoms with E-state index in [1.54, 1.807) is 6.20 Å². The van der Waals surface area contributed by atoms with E-state index in [1.165, 1.54) is 12.5 Å². The molecule has 2 aromatic heterocycles. The molecule has 0 bridgehead atoms. The third-order valence-corrected chi connectivity index (χ3v) is 7.10. The Labute approximate surface area is 178 Å². The number of hydrazone groups is 1. The number of primary sulfonamides is 1. The molecule has 1 saturated carbocycles. The largest absolute Gasteiger partial charge is 0.324 e. The Morgan fingerprint density at radius 3 is 2.71 bits per heavy atom. The monoisotopic (exact) mass is 443 g/mol. The molecular formula is C20H22FN7O2S. The molecule has 0 unspecified atom stereocenters. The van der Waals surface area contributed by atoms with Crippen molar-refractivity contribution >= 4 is 44.2 Å². The fourth-order valence-electron chi connectivity index (χ4n) is 4.63. The average molecular weight is 444 g/mol. The first-order valence-electron chi connectivity index (χ1n) is 10.1. The zero-order valence-corrected chi connectivity index (χ0v) is 17.7. The average Bonchev–Trinajstić information content (AvgIpc) is 3.10. The topological polar surface area (TPSA) is 127 Å². The Morgan fingerprint density at radius 2 is 2.00 bits per heavy atom. The van der Waals surface area contributed by atoms with Crippen LogP contribution in [-0.2, 0) is 15.6 Å². The van der Waals surface area contributed by atoms with Crippen LogP contribution in [0.5, 0.6) is 0 Å². The van der Waals surface area contributed by atoms with Crippen LogP contribution in [0.15, 0.2) is 40.5 Å². The summed E-state index contributed by atoms with van der Waals surface area (Å²) in [6.07, 6.45) is 7.15. The van der Waals surface area contributed by atoms with E-state index in [0.29, 0.717) is 5.69 Å². The van der Waals surface area contributed by atoms with E-state index in [0.717, 1.165) is 60.4 Å². The van der Waals surface area contributed by atoms with Gasteiger partial charge >= 0.3 is 0 Å². The van der Waals surface area contributed by atoms with Gasteiger partial charge in [0, 0.05) is 17.3 Å². The van der Waals surface area contributed by atoms with Crippen LogP contribution < -0.4 is 15.9 Å². The number of nitrogens with two attached hydrogens (primary N) is 1. The Balaban J connectivity index is 1.56. The lowest BCUT2D eigenvalue weighted by molar-refractivity contribution is 0.285. The van der Waals surface area contributed by atoms with E-state index in [4.69, 9.17) is 10.1 Å². The molecule has 1 spiro atoms. The fourth-order valence-corrected chi connectivity index (χ4v) is 5.22. The maximum absolute atomic E-state index is 14.2. The molecular weight excluding hydrogens is 421 g/mol. The first kappa shape index (κ1) is 19.9. The number of fused-ring (bicyclic) bond motifs is 4. The smallest absolute Gasteiger partial charge is 0.240 e. The van der Waals surface area contributed by atoms with Crippen molar-refractivity contribution in [2.24, 2.45) is 10.2 Å². The molecule has 0 radical (unpaired) electrons. The van der Waals surface area contributed by atoms with E-state index in [-0.39, 0.29) is 11.5 Å². The van der Waals surface area contributed by atoms with Crippen molar-refractivity contribution in [2.45, 2.75) is 49.5 Å². The van der Waals surface area contributed by atoms with Gasteiger partial charge in [-0.15, -0.1) is 0 Å². The highest BCUT2D eigenvalue weighted by Gasteiger charge is 2.41. The maximum Gasteiger partial charge on any atom is 0.240 e. The molecule has 3 aromatic rings. The summed E-state index contributed by atoms with van der Waals surface area (Å²) in [6.45, 7) is 2.04. The number of rotatable bonds is 3. The lowest BCUT2D eigenvalue weighted by Gasteiger charge is -2.42. The second-order valence-electron chi connectivity index (χ2n) is 8.05. The van der Waals surface area contributed by atoms with Crippen molar-refractivity contribution in [1.29, 1.82) is 0 Å². The van der Waals surface area contributed by atoms with E-state index in [2.05, 4.69) is 25.4 Å². The number of nitrogens with one attached hydrogen (secondary N) is 2. The van der Waals surface area contributed by atoms with E-state index in [9.17, 15) is 12.8 Å². The summed E-state index contributed by atoms with van der Waals surface area (Å²) in [7, 11) is -4.13. The van der Waals surface area contributed by atoms with Gasteiger partial charge in [0.25, 0.3) is 0 Å². The Morgan fingerprint density at radius 1 is 1.23 bits per heavy atom. The number of anilines is 3. The van der Waals surface area contributed by atoms with Gasteiger partial charge in [0.05, 0.1) is 11.3 Å². The fraction of sp³-hybridized carbons (Fsp3) is 0.350. The maximum atomic E-state index is 14.2. The molecule has 0 atom stereocenters. The van der Waals surface area contributed by atoms with Crippen LogP contribution in [0.4, 0.5) is 21.8 Å². The minimum Gasteiger partial charge on any atom is -0.324 e. The normalized spacial score (nSPS) is 17.8. The SMILES string of the molecule is CC1=NNc2cc3cnc(Nc4ccc(S(N)(=O)=O)c(F)c4)nc3n2C12CCCCC2. The molecule has 2 aliphatic rings. The van der Waals surface area contributed by atoms with Crippen molar-refractivity contribution in [1.82, 2.24) is 14.5 Å². The number of hydrogen-bond donors (Lipinski definition) is 3. The van der Waals surface area contributed by atoms with Crippen LogP contribution >= 0.6 is 0 Å². The minimum atomic E-state index is -4.13. The molecule has 11 heteroatoms.